The molecule has 0 aliphatic heterocycles. The molecule has 5 nitrogen and oxygen atoms in total. The number of rotatable bonds is 3. The number of nitrogens with zero attached hydrogens (tertiary/aromatic N) is 3. The van der Waals surface area contributed by atoms with Gasteiger partial charge < -0.3 is 0 Å². The second-order valence-corrected chi connectivity index (χ2v) is 5.47. The van der Waals surface area contributed by atoms with Crippen LogP contribution in [0.2, 0.25) is 5.15 Å². The van der Waals surface area contributed by atoms with Gasteiger partial charge in [-0.05, 0) is 24.3 Å². The summed E-state index contributed by atoms with van der Waals surface area (Å²) in [5, 5.41) is 11.0. The molecule has 18 heavy (non-hydrogen) atoms. The largest absolute Gasteiger partial charge is 0.338 e. The van der Waals surface area contributed by atoms with E-state index in [1.807, 2.05) is 24.3 Å². The predicted octanol–water partition coefficient (Wildman–Crippen LogP) is 3.95. The minimum Gasteiger partial charge on any atom is -0.258 e. The minimum atomic E-state index is -0.580. The van der Waals surface area contributed by atoms with Crippen LogP contribution in [-0.2, 0) is 0 Å². The molecule has 0 saturated heterocycles. The second-order valence-electron chi connectivity index (χ2n) is 3.13. The quantitative estimate of drug-likeness (QED) is 0.478. The molecule has 1 heterocycles. The summed E-state index contributed by atoms with van der Waals surface area (Å²) in [7, 11) is 0. The van der Waals surface area contributed by atoms with E-state index in [1.165, 1.54) is 18.1 Å². The monoisotopic (exact) mass is 345 g/mol. The van der Waals surface area contributed by atoms with Crippen molar-refractivity contribution in [2.24, 2.45) is 0 Å². The van der Waals surface area contributed by atoms with Crippen molar-refractivity contribution in [2.75, 3.05) is 0 Å². The van der Waals surface area contributed by atoms with Gasteiger partial charge in [-0.3, -0.25) is 10.1 Å². The molecule has 1 aromatic carbocycles. The standard InChI is InChI=1S/C10H5BrClN3O2S/c11-6-1-3-7(4-2-6)18-10-8(15(16)17)9(12)13-5-14-10/h1-5H. The first kappa shape index (κ1) is 13.3. The molecule has 0 amide bonds. The Morgan fingerprint density at radius 2 is 1.94 bits per heavy atom. The van der Waals surface area contributed by atoms with Crippen LogP contribution in [0.25, 0.3) is 0 Å². The van der Waals surface area contributed by atoms with Crippen molar-refractivity contribution in [1.82, 2.24) is 9.97 Å². The van der Waals surface area contributed by atoms with Crippen LogP contribution < -0.4 is 0 Å². The molecule has 2 rings (SSSR count). The number of nitro groups is 1. The van der Waals surface area contributed by atoms with E-state index in [0.717, 1.165) is 9.37 Å². The van der Waals surface area contributed by atoms with Gasteiger partial charge in [0, 0.05) is 9.37 Å². The van der Waals surface area contributed by atoms with Crippen molar-refractivity contribution in [3.8, 4) is 0 Å². The molecule has 0 N–H and O–H groups in total. The lowest BCUT2D eigenvalue weighted by molar-refractivity contribution is -0.388. The van der Waals surface area contributed by atoms with Crippen LogP contribution in [-0.4, -0.2) is 14.9 Å². The van der Waals surface area contributed by atoms with E-state index >= 15 is 0 Å². The summed E-state index contributed by atoms with van der Waals surface area (Å²) in [5.74, 6) is 0. The van der Waals surface area contributed by atoms with E-state index < -0.39 is 4.92 Å². The summed E-state index contributed by atoms with van der Waals surface area (Å²) in [4.78, 5) is 18.7. The summed E-state index contributed by atoms with van der Waals surface area (Å²) < 4.78 is 0.932. The smallest absolute Gasteiger partial charge is 0.258 e. The van der Waals surface area contributed by atoms with Crippen LogP contribution in [0.5, 0.6) is 0 Å². The molecule has 2 aromatic rings. The maximum absolute atomic E-state index is 10.9. The first-order valence-electron chi connectivity index (χ1n) is 4.66. The lowest BCUT2D eigenvalue weighted by Crippen LogP contribution is -1.96. The third-order valence-electron chi connectivity index (χ3n) is 1.95. The molecule has 0 spiro atoms. The zero-order valence-electron chi connectivity index (χ0n) is 8.71. The summed E-state index contributed by atoms with van der Waals surface area (Å²) in [6, 6.07) is 7.34. The molecule has 0 unspecified atom stereocenters. The fourth-order valence-corrected chi connectivity index (χ4v) is 2.57. The van der Waals surface area contributed by atoms with Crippen LogP contribution in [0.1, 0.15) is 0 Å². The van der Waals surface area contributed by atoms with Crippen molar-refractivity contribution in [3.63, 3.8) is 0 Å². The van der Waals surface area contributed by atoms with E-state index in [4.69, 9.17) is 11.6 Å². The van der Waals surface area contributed by atoms with E-state index in [2.05, 4.69) is 25.9 Å². The first-order chi connectivity index (χ1) is 8.58. The van der Waals surface area contributed by atoms with Gasteiger partial charge in [0.25, 0.3) is 0 Å². The number of aromatic nitrogens is 2. The number of halogens is 2. The third kappa shape index (κ3) is 2.98. The molecule has 1 aromatic heterocycles. The Morgan fingerprint density at radius 3 is 2.56 bits per heavy atom. The maximum atomic E-state index is 10.9. The van der Waals surface area contributed by atoms with Gasteiger partial charge in [0.2, 0.25) is 5.15 Å². The van der Waals surface area contributed by atoms with Crippen molar-refractivity contribution < 1.29 is 4.92 Å². The van der Waals surface area contributed by atoms with Gasteiger partial charge in [0.1, 0.15) is 6.33 Å². The van der Waals surface area contributed by atoms with Gasteiger partial charge in [-0.25, -0.2) is 9.97 Å². The van der Waals surface area contributed by atoms with E-state index in [0.29, 0.717) is 0 Å². The Labute approximate surface area is 120 Å². The predicted molar refractivity (Wildman–Crippen MR) is 72.0 cm³/mol. The average molecular weight is 347 g/mol. The fourth-order valence-electron chi connectivity index (χ4n) is 1.18. The van der Waals surface area contributed by atoms with Crippen molar-refractivity contribution in [1.29, 1.82) is 0 Å². The summed E-state index contributed by atoms with van der Waals surface area (Å²) >= 11 is 10.2. The van der Waals surface area contributed by atoms with Crippen LogP contribution in [0.4, 0.5) is 5.69 Å². The fraction of sp³-hybridized carbons (Fsp3) is 0. The van der Waals surface area contributed by atoms with Crippen molar-refractivity contribution in [2.45, 2.75) is 9.92 Å². The van der Waals surface area contributed by atoms with Gasteiger partial charge in [-0.15, -0.1) is 0 Å². The highest BCUT2D eigenvalue weighted by atomic mass is 79.9. The van der Waals surface area contributed by atoms with Gasteiger partial charge >= 0.3 is 5.69 Å². The van der Waals surface area contributed by atoms with Crippen molar-refractivity contribution in [3.05, 3.63) is 50.3 Å². The minimum absolute atomic E-state index is 0.158. The summed E-state index contributed by atoms with van der Waals surface area (Å²) in [6.45, 7) is 0. The van der Waals surface area contributed by atoms with Gasteiger partial charge in [-0.1, -0.05) is 39.3 Å². The Bertz CT molecular complexity index is 594. The molecule has 0 fully saturated rings. The molecule has 8 heteroatoms. The van der Waals surface area contributed by atoms with E-state index in [-0.39, 0.29) is 15.9 Å². The Hall–Kier alpha value is -1.18. The molecule has 0 atom stereocenters. The highest BCUT2D eigenvalue weighted by molar-refractivity contribution is 9.10. The number of hydrogen-bond donors (Lipinski definition) is 0. The first-order valence-corrected chi connectivity index (χ1v) is 6.65. The van der Waals surface area contributed by atoms with Crippen molar-refractivity contribution >= 4 is 45.0 Å². The SMILES string of the molecule is O=[N+]([O-])c1c(Cl)ncnc1Sc1ccc(Br)cc1. The molecule has 0 aliphatic rings. The normalized spacial score (nSPS) is 10.3. The molecule has 0 saturated carbocycles. The topological polar surface area (TPSA) is 68.9 Å². The molecule has 0 radical (unpaired) electrons. The van der Waals surface area contributed by atoms with Gasteiger partial charge in [-0.2, -0.15) is 0 Å². The Morgan fingerprint density at radius 1 is 1.28 bits per heavy atom. The molecule has 92 valence electrons. The molecule has 0 aliphatic carbocycles. The number of benzene rings is 1. The summed E-state index contributed by atoms with van der Waals surface area (Å²) in [5.41, 5.74) is -0.271. The molecular formula is C10H5BrClN3O2S. The second kappa shape index (κ2) is 5.64. The zero-order valence-corrected chi connectivity index (χ0v) is 11.9. The van der Waals surface area contributed by atoms with E-state index in [1.54, 1.807) is 0 Å². The lowest BCUT2D eigenvalue weighted by Gasteiger charge is -2.02. The van der Waals surface area contributed by atoms with E-state index in [9.17, 15) is 10.1 Å². The molecular weight excluding hydrogens is 342 g/mol. The zero-order chi connectivity index (χ0) is 13.1. The summed E-state index contributed by atoms with van der Waals surface area (Å²) in [6.07, 6.45) is 1.20. The van der Waals surface area contributed by atoms with Crippen LogP contribution >= 0.6 is 39.3 Å². The number of hydrogen-bond acceptors (Lipinski definition) is 5. The highest BCUT2D eigenvalue weighted by Gasteiger charge is 2.22. The van der Waals surface area contributed by atoms with Gasteiger partial charge in [0.05, 0.1) is 4.92 Å². The van der Waals surface area contributed by atoms with Gasteiger partial charge in [0.15, 0.2) is 5.03 Å². The molecule has 0 bridgehead atoms. The van der Waals surface area contributed by atoms with Crippen LogP contribution in [0.3, 0.4) is 0 Å². The maximum Gasteiger partial charge on any atom is 0.338 e. The Kier molecular flexibility index (Phi) is 4.15. The Balaban J connectivity index is 2.37. The lowest BCUT2D eigenvalue weighted by atomic mass is 10.4. The van der Waals surface area contributed by atoms with Crippen LogP contribution in [0, 0.1) is 10.1 Å². The highest BCUT2D eigenvalue weighted by Crippen LogP contribution is 2.36. The average Bonchev–Trinajstić information content (AvgIpc) is 2.32. The third-order valence-corrected chi connectivity index (χ3v) is 3.76. The van der Waals surface area contributed by atoms with Crippen LogP contribution in [0.15, 0.2) is 45.0 Å².